The molecule has 0 atom stereocenters. The molecule has 0 bridgehead atoms. The second-order valence-electron chi connectivity index (χ2n) is 3.46. The van der Waals surface area contributed by atoms with Crippen LogP contribution in [0, 0.1) is 0 Å². The lowest BCUT2D eigenvalue weighted by Crippen LogP contribution is -2.46. The van der Waals surface area contributed by atoms with Crippen LogP contribution < -0.4 is 11.3 Å². The molecule has 1 rings (SSSR count). The molecule has 1 heterocycles. The van der Waals surface area contributed by atoms with E-state index >= 15 is 0 Å². The third-order valence-corrected chi connectivity index (χ3v) is 2.25. The monoisotopic (exact) mass is 229 g/mol. The Balaban J connectivity index is 2.23. The highest BCUT2D eigenvalue weighted by Gasteiger charge is 2.25. The van der Waals surface area contributed by atoms with E-state index in [1.165, 1.54) is 4.90 Å². The number of rotatable bonds is 5. The van der Waals surface area contributed by atoms with Gasteiger partial charge in [0.1, 0.15) is 13.2 Å². The summed E-state index contributed by atoms with van der Waals surface area (Å²) in [6.45, 7) is 0.239. The zero-order valence-electron chi connectivity index (χ0n) is 8.90. The molecule has 16 heavy (non-hydrogen) atoms. The van der Waals surface area contributed by atoms with Crippen molar-refractivity contribution in [1.82, 2.24) is 10.3 Å². The summed E-state index contributed by atoms with van der Waals surface area (Å²) in [7, 11) is 0. The average molecular weight is 229 g/mol. The number of morpholine rings is 1. The molecule has 0 aromatic rings. The van der Waals surface area contributed by atoms with Crippen LogP contribution in [-0.2, 0) is 19.1 Å². The molecule has 3 N–H and O–H groups in total. The van der Waals surface area contributed by atoms with Crippen LogP contribution in [0.2, 0.25) is 0 Å². The number of hydrazine groups is 1. The number of unbranched alkanes of at least 4 members (excludes halogenated alkanes) is 1. The predicted octanol–water partition coefficient (Wildman–Crippen LogP) is -1.47. The van der Waals surface area contributed by atoms with Crippen LogP contribution in [0.5, 0.6) is 0 Å². The van der Waals surface area contributed by atoms with Crippen molar-refractivity contribution >= 4 is 17.7 Å². The zero-order chi connectivity index (χ0) is 12.0. The SMILES string of the molecule is NNC(=O)CCCCN1C(=O)COCC1=O. The van der Waals surface area contributed by atoms with Crippen molar-refractivity contribution < 1.29 is 19.1 Å². The lowest BCUT2D eigenvalue weighted by atomic mass is 10.2. The average Bonchev–Trinajstić information content (AvgIpc) is 2.27. The van der Waals surface area contributed by atoms with E-state index < -0.39 is 0 Å². The Bertz CT molecular complexity index is 276. The number of amides is 3. The number of nitrogens with one attached hydrogen (secondary N) is 1. The van der Waals surface area contributed by atoms with Gasteiger partial charge in [-0.25, -0.2) is 5.84 Å². The molecular formula is C9H15N3O4. The number of hydrogen-bond donors (Lipinski definition) is 2. The van der Waals surface area contributed by atoms with E-state index in [1.54, 1.807) is 0 Å². The van der Waals surface area contributed by atoms with E-state index in [1.807, 2.05) is 5.43 Å². The first kappa shape index (κ1) is 12.6. The molecule has 3 amide bonds. The Morgan fingerprint density at radius 2 is 1.94 bits per heavy atom. The van der Waals surface area contributed by atoms with E-state index in [0.717, 1.165) is 0 Å². The van der Waals surface area contributed by atoms with Gasteiger partial charge in [0.15, 0.2) is 0 Å². The van der Waals surface area contributed by atoms with Gasteiger partial charge in [-0.2, -0.15) is 0 Å². The van der Waals surface area contributed by atoms with Gasteiger partial charge in [0, 0.05) is 13.0 Å². The molecule has 0 unspecified atom stereocenters. The maximum atomic E-state index is 11.3. The van der Waals surface area contributed by atoms with E-state index in [4.69, 9.17) is 10.6 Å². The molecule has 1 saturated heterocycles. The Labute approximate surface area is 92.9 Å². The number of nitrogens with zero attached hydrogens (tertiary/aromatic N) is 1. The number of imide groups is 1. The predicted molar refractivity (Wildman–Crippen MR) is 53.7 cm³/mol. The van der Waals surface area contributed by atoms with Gasteiger partial charge in [-0.15, -0.1) is 0 Å². The van der Waals surface area contributed by atoms with Gasteiger partial charge in [0.25, 0.3) is 11.8 Å². The molecule has 0 radical (unpaired) electrons. The number of carbonyl (C=O) groups is 3. The van der Waals surface area contributed by atoms with Gasteiger partial charge < -0.3 is 4.74 Å². The fourth-order valence-corrected chi connectivity index (χ4v) is 1.40. The minimum absolute atomic E-state index is 0.0466. The minimum atomic E-state index is -0.320. The van der Waals surface area contributed by atoms with Crippen molar-refractivity contribution in [3.63, 3.8) is 0 Å². The fourth-order valence-electron chi connectivity index (χ4n) is 1.40. The highest BCUT2D eigenvalue weighted by molar-refractivity contribution is 5.98. The second kappa shape index (κ2) is 6.19. The van der Waals surface area contributed by atoms with E-state index in [2.05, 4.69) is 0 Å². The van der Waals surface area contributed by atoms with E-state index in [9.17, 15) is 14.4 Å². The first-order chi connectivity index (χ1) is 7.65. The molecule has 0 aromatic carbocycles. The summed E-state index contributed by atoms with van der Waals surface area (Å²) in [6, 6.07) is 0. The van der Waals surface area contributed by atoms with E-state index in [0.29, 0.717) is 25.8 Å². The number of carbonyl (C=O) groups excluding carboxylic acids is 3. The lowest BCUT2D eigenvalue weighted by molar-refractivity contribution is -0.158. The molecule has 7 nitrogen and oxygen atoms in total. The summed E-state index contributed by atoms with van der Waals surface area (Å²) in [5.41, 5.74) is 2.01. The van der Waals surface area contributed by atoms with Gasteiger partial charge in [0.2, 0.25) is 5.91 Å². The molecule has 1 fully saturated rings. The van der Waals surface area contributed by atoms with Crippen molar-refractivity contribution in [3.8, 4) is 0 Å². The van der Waals surface area contributed by atoms with Gasteiger partial charge in [-0.05, 0) is 12.8 Å². The van der Waals surface area contributed by atoms with Crippen molar-refractivity contribution in [2.24, 2.45) is 5.84 Å². The summed E-state index contributed by atoms with van der Waals surface area (Å²) >= 11 is 0. The van der Waals surface area contributed by atoms with Crippen LogP contribution in [0.3, 0.4) is 0 Å². The van der Waals surface area contributed by atoms with Crippen LogP contribution in [-0.4, -0.2) is 42.4 Å². The largest absolute Gasteiger partial charge is 0.362 e. The zero-order valence-corrected chi connectivity index (χ0v) is 8.90. The Morgan fingerprint density at radius 3 is 2.50 bits per heavy atom. The van der Waals surface area contributed by atoms with Gasteiger partial charge >= 0.3 is 0 Å². The highest BCUT2D eigenvalue weighted by Crippen LogP contribution is 2.04. The molecule has 1 aliphatic rings. The molecule has 0 spiro atoms. The normalized spacial score (nSPS) is 16.4. The summed E-state index contributed by atoms with van der Waals surface area (Å²) in [5.74, 6) is 4.02. The lowest BCUT2D eigenvalue weighted by Gasteiger charge is -2.24. The van der Waals surface area contributed by atoms with Gasteiger partial charge in [-0.3, -0.25) is 24.7 Å². The molecule has 0 aliphatic carbocycles. The molecule has 0 saturated carbocycles. The standard InChI is InChI=1S/C9H15N3O4/c10-11-7(13)3-1-2-4-12-8(14)5-16-6-9(12)15/h1-6,10H2,(H,11,13). The van der Waals surface area contributed by atoms with Crippen LogP contribution in [0.25, 0.3) is 0 Å². The third-order valence-electron chi connectivity index (χ3n) is 2.25. The van der Waals surface area contributed by atoms with Crippen molar-refractivity contribution in [3.05, 3.63) is 0 Å². The maximum Gasteiger partial charge on any atom is 0.255 e. The summed E-state index contributed by atoms with van der Waals surface area (Å²) < 4.78 is 4.76. The van der Waals surface area contributed by atoms with Crippen LogP contribution in [0.4, 0.5) is 0 Å². The number of nitrogens with two attached hydrogens (primary N) is 1. The fraction of sp³-hybridized carbons (Fsp3) is 0.667. The molecule has 7 heteroatoms. The summed E-state index contributed by atoms with van der Waals surface area (Å²) in [4.78, 5) is 34.5. The van der Waals surface area contributed by atoms with Crippen molar-refractivity contribution in [1.29, 1.82) is 0 Å². The number of ether oxygens (including phenoxy) is 1. The summed E-state index contributed by atoms with van der Waals surface area (Å²) in [5, 5.41) is 0. The van der Waals surface area contributed by atoms with Gasteiger partial charge in [0.05, 0.1) is 0 Å². The third kappa shape index (κ3) is 3.59. The Morgan fingerprint density at radius 1 is 1.31 bits per heavy atom. The van der Waals surface area contributed by atoms with Gasteiger partial charge in [-0.1, -0.05) is 0 Å². The smallest absolute Gasteiger partial charge is 0.255 e. The van der Waals surface area contributed by atoms with Crippen LogP contribution in [0.15, 0.2) is 0 Å². The Hall–Kier alpha value is -1.47. The van der Waals surface area contributed by atoms with Crippen LogP contribution >= 0.6 is 0 Å². The first-order valence-electron chi connectivity index (χ1n) is 5.05. The topological polar surface area (TPSA) is 102 Å². The minimum Gasteiger partial charge on any atom is -0.362 e. The van der Waals surface area contributed by atoms with Crippen molar-refractivity contribution in [2.75, 3.05) is 19.8 Å². The summed E-state index contributed by atoms with van der Waals surface area (Å²) in [6.07, 6.45) is 1.47. The maximum absolute atomic E-state index is 11.3. The van der Waals surface area contributed by atoms with E-state index in [-0.39, 0.29) is 30.9 Å². The molecule has 90 valence electrons. The number of hydrogen-bond acceptors (Lipinski definition) is 5. The first-order valence-corrected chi connectivity index (χ1v) is 5.05. The second-order valence-corrected chi connectivity index (χ2v) is 3.46. The van der Waals surface area contributed by atoms with Crippen molar-refractivity contribution in [2.45, 2.75) is 19.3 Å². The molecule has 0 aromatic heterocycles. The molecular weight excluding hydrogens is 214 g/mol. The quantitative estimate of drug-likeness (QED) is 0.197. The van der Waals surface area contributed by atoms with Crippen LogP contribution in [0.1, 0.15) is 19.3 Å². The Kier molecular flexibility index (Phi) is 4.87. The highest BCUT2D eigenvalue weighted by atomic mass is 16.5. The molecule has 1 aliphatic heterocycles.